The first-order valence-electron chi connectivity index (χ1n) is 3.73. The molecule has 0 radical (unpaired) electrons. The summed E-state index contributed by atoms with van der Waals surface area (Å²) in [7, 11) is 0. The number of rotatable bonds is 1. The second kappa shape index (κ2) is 3.18. The maximum absolute atomic E-state index is 5.42. The minimum absolute atomic E-state index is 0.214. The van der Waals surface area contributed by atoms with Crippen molar-refractivity contribution in [1.82, 2.24) is 15.2 Å². The maximum atomic E-state index is 5.42. The van der Waals surface area contributed by atoms with Gasteiger partial charge in [-0.1, -0.05) is 0 Å². The summed E-state index contributed by atoms with van der Waals surface area (Å²) in [6, 6.07) is 5.82. The predicted octanol–water partition coefficient (Wildman–Crippen LogP) is 1.33. The van der Waals surface area contributed by atoms with Gasteiger partial charge in [0.1, 0.15) is 5.52 Å². The summed E-state index contributed by atoms with van der Waals surface area (Å²) >= 11 is 1.66. The highest BCUT2D eigenvalue weighted by molar-refractivity contribution is 7.98. The third-order valence-electron chi connectivity index (χ3n) is 1.68. The molecule has 0 amide bonds. The van der Waals surface area contributed by atoms with E-state index in [9.17, 15) is 0 Å². The number of hydrogen-bond acceptors (Lipinski definition) is 5. The Balaban J connectivity index is 2.68. The van der Waals surface area contributed by atoms with Gasteiger partial charge in [0.2, 0.25) is 5.95 Å². The van der Waals surface area contributed by atoms with Crippen LogP contribution in [0.1, 0.15) is 0 Å². The average molecular weight is 192 g/mol. The van der Waals surface area contributed by atoms with Crippen LogP contribution in [0.4, 0.5) is 5.95 Å². The predicted molar refractivity (Wildman–Crippen MR) is 53.5 cm³/mol. The molecule has 0 unspecified atom stereocenters. The van der Waals surface area contributed by atoms with E-state index < -0.39 is 0 Å². The zero-order valence-corrected chi connectivity index (χ0v) is 7.88. The van der Waals surface area contributed by atoms with Crippen LogP contribution in [-0.2, 0) is 0 Å². The third-order valence-corrected chi connectivity index (χ3v) is 2.40. The van der Waals surface area contributed by atoms with Crippen LogP contribution < -0.4 is 5.73 Å². The molecule has 0 saturated carbocycles. The van der Waals surface area contributed by atoms with Crippen molar-refractivity contribution in [2.45, 2.75) is 4.90 Å². The van der Waals surface area contributed by atoms with E-state index in [1.807, 2.05) is 24.5 Å². The van der Waals surface area contributed by atoms with Gasteiger partial charge in [-0.05, 0) is 24.5 Å². The molecule has 1 aromatic carbocycles. The fraction of sp³-hybridized carbons (Fsp3) is 0.125. The molecule has 0 aliphatic carbocycles. The molecular formula is C8H8N4S. The van der Waals surface area contributed by atoms with Gasteiger partial charge in [-0.25, -0.2) is 4.98 Å². The van der Waals surface area contributed by atoms with Gasteiger partial charge in [-0.2, -0.15) is 0 Å². The van der Waals surface area contributed by atoms with Crippen molar-refractivity contribution in [3.63, 3.8) is 0 Å². The second-order valence-corrected chi connectivity index (χ2v) is 3.40. The van der Waals surface area contributed by atoms with E-state index in [1.165, 1.54) is 0 Å². The van der Waals surface area contributed by atoms with Gasteiger partial charge < -0.3 is 5.73 Å². The number of nitrogen functional groups attached to an aromatic ring is 1. The Labute approximate surface area is 79.6 Å². The van der Waals surface area contributed by atoms with E-state index in [1.54, 1.807) is 11.8 Å². The molecule has 2 aromatic rings. The molecular weight excluding hydrogens is 184 g/mol. The summed E-state index contributed by atoms with van der Waals surface area (Å²) < 4.78 is 0. The van der Waals surface area contributed by atoms with Gasteiger partial charge >= 0.3 is 0 Å². The van der Waals surface area contributed by atoms with Gasteiger partial charge in [0.05, 0.1) is 5.52 Å². The molecule has 4 nitrogen and oxygen atoms in total. The smallest absolute Gasteiger partial charge is 0.240 e. The monoisotopic (exact) mass is 192 g/mol. The van der Waals surface area contributed by atoms with Crippen LogP contribution >= 0.6 is 11.8 Å². The van der Waals surface area contributed by atoms with Crippen molar-refractivity contribution in [3.05, 3.63) is 18.2 Å². The third kappa shape index (κ3) is 1.55. The fourth-order valence-corrected chi connectivity index (χ4v) is 1.49. The van der Waals surface area contributed by atoms with E-state index in [0.717, 1.165) is 15.9 Å². The zero-order valence-electron chi connectivity index (χ0n) is 7.06. The molecule has 0 spiro atoms. The highest BCUT2D eigenvalue weighted by atomic mass is 32.2. The van der Waals surface area contributed by atoms with E-state index in [0.29, 0.717) is 0 Å². The number of anilines is 1. The van der Waals surface area contributed by atoms with E-state index in [-0.39, 0.29) is 5.95 Å². The number of hydrogen-bond donors (Lipinski definition) is 1. The topological polar surface area (TPSA) is 64.7 Å². The lowest BCUT2D eigenvalue weighted by Gasteiger charge is -1.98. The first kappa shape index (κ1) is 8.25. The first-order chi connectivity index (χ1) is 6.29. The van der Waals surface area contributed by atoms with Crippen LogP contribution in [0.15, 0.2) is 23.1 Å². The molecule has 5 heteroatoms. The number of thioether (sulfide) groups is 1. The quantitative estimate of drug-likeness (QED) is 0.690. The van der Waals surface area contributed by atoms with Crippen molar-refractivity contribution in [3.8, 4) is 0 Å². The van der Waals surface area contributed by atoms with Crippen LogP contribution in [0.3, 0.4) is 0 Å². The Kier molecular flexibility index (Phi) is 2.02. The van der Waals surface area contributed by atoms with E-state index >= 15 is 0 Å². The summed E-state index contributed by atoms with van der Waals surface area (Å²) in [4.78, 5) is 5.22. The molecule has 2 N–H and O–H groups in total. The molecule has 0 saturated heterocycles. The number of fused-ring (bicyclic) bond motifs is 1. The molecule has 0 fully saturated rings. The molecule has 13 heavy (non-hydrogen) atoms. The maximum Gasteiger partial charge on any atom is 0.240 e. The van der Waals surface area contributed by atoms with Gasteiger partial charge in [-0.3, -0.25) is 0 Å². The van der Waals surface area contributed by atoms with Crippen molar-refractivity contribution in [1.29, 1.82) is 0 Å². The van der Waals surface area contributed by atoms with Crippen molar-refractivity contribution in [2.24, 2.45) is 0 Å². The standard InChI is InChI=1S/C8H8N4S/c1-13-5-2-3-6-7(4-5)10-8(9)12-11-6/h2-4H,1H3,(H2,9,10,12). The van der Waals surface area contributed by atoms with Crippen LogP contribution in [0.5, 0.6) is 0 Å². The fourth-order valence-electron chi connectivity index (χ4n) is 1.06. The van der Waals surface area contributed by atoms with Crippen molar-refractivity contribution in [2.75, 3.05) is 12.0 Å². The van der Waals surface area contributed by atoms with Crippen molar-refractivity contribution < 1.29 is 0 Å². The van der Waals surface area contributed by atoms with Crippen LogP contribution in [0.2, 0.25) is 0 Å². The summed E-state index contributed by atoms with van der Waals surface area (Å²) in [6.07, 6.45) is 2.01. The lowest BCUT2D eigenvalue weighted by Crippen LogP contribution is -1.97. The number of nitrogens with two attached hydrogens (primary N) is 1. The molecule has 1 aromatic heterocycles. The summed E-state index contributed by atoms with van der Waals surface area (Å²) in [5.41, 5.74) is 6.99. The number of aromatic nitrogens is 3. The number of nitrogens with zero attached hydrogens (tertiary/aromatic N) is 3. The molecule has 0 bridgehead atoms. The lowest BCUT2D eigenvalue weighted by molar-refractivity contribution is 1.04. The number of benzene rings is 1. The largest absolute Gasteiger partial charge is 0.366 e. The highest BCUT2D eigenvalue weighted by Gasteiger charge is 1.99. The molecule has 0 aliphatic rings. The molecule has 0 aliphatic heterocycles. The normalized spacial score (nSPS) is 10.5. The molecule has 66 valence electrons. The van der Waals surface area contributed by atoms with Gasteiger partial charge in [-0.15, -0.1) is 22.0 Å². The Hall–Kier alpha value is -1.36. The Bertz CT molecular complexity index is 443. The summed E-state index contributed by atoms with van der Waals surface area (Å²) in [6.45, 7) is 0. The summed E-state index contributed by atoms with van der Waals surface area (Å²) in [5.74, 6) is 0.214. The Morgan fingerprint density at radius 3 is 2.85 bits per heavy atom. The molecule has 1 heterocycles. The lowest BCUT2D eigenvalue weighted by atomic mass is 10.3. The Morgan fingerprint density at radius 2 is 2.08 bits per heavy atom. The van der Waals surface area contributed by atoms with Gasteiger partial charge in [0, 0.05) is 4.90 Å². The Morgan fingerprint density at radius 1 is 1.23 bits per heavy atom. The second-order valence-electron chi connectivity index (χ2n) is 2.52. The summed E-state index contributed by atoms with van der Waals surface area (Å²) in [5, 5.41) is 7.58. The van der Waals surface area contributed by atoms with Crippen LogP contribution in [0, 0.1) is 0 Å². The van der Waals surface area contributed by atoms with E-state index in [2.05, 4.69) is 15.2 Å². The minimum atomic E-state index is 0.214. The first-order valence-corrected chi connectivity index (χ1v) is 4.96. The zero-order chi connectivity index (χ0) is 9.26. The SMILES string of the molecule is CSc1ccc2nnc(N)nc2c1. The highest BCUT2D eigenvalue weighted by Crippen LogP contribution is 2.18. The van der Waals surface area contributed by atoms with Crippen LogP contribution in [-0.4, -0.2) is 21.4 Å². The van der Waals surface area contributed by atoms with Crippen LogP contribution in [0.25, 0.3) is 11.0 Å². The van der Waals surface area contributed by atoms with Gasteiger partial charge in [0.15, 0.2) is 0 Å². The molecule has 0 atom stereocenters. The van der Waals surface area contributed by atoms with Gasteiger partial charge in [0.25, 0.3) is 0 Å². The average Bonchev–Trinajstić information content (AvgIpc) is 2.16. The molecule has 2 rings (SSSR count). The van der Waals surface area contributed by atoms with Crippen molar-refractivity contribution >= 4 is 28.7 Å². The minimum Gasteiger partial charge on any atom is -0.366 e. The van der Waals surface area contributed by atoms with E-state index in [4.69, 9.17) is 5.73 Å².